The molecule has 5 heteroatoms. The minimum absolute atomic E-state index is 0.348. The second-order valence-electron chi connectivity index (χ2n) is 3.86. The molecule has 0 atom stereocenters. The molecule has 0 aliphatic rings. The van der Waals surface area contributed by atoms with E-state index in [1.807, 2.05) is 6.92 Å². The molecule has 18 heavy (non-hydrogen) atoms. The Bertz CT molecular complexity index is 561. The van der Waals surface area contributed by atoms with E-state index in [1.165, 1.54) is 0 Å². The van der Waals surface area contributed by atoms with Crippen LogP contribution in [0.3, 0.4) is 0 Å². The number of aryl methyl sites for hydroxylation is 1. The molecular weight excluding hydrogens is 273 g/mol. The van der Waals surface area contributed by atoms with Crippen LogP contribution in [0, 0.1) is 0 Å². The Morgan fingerprint density at radius 2 is 2.00 bits per heavy atom. The van der Waals surface area contributed by atoms with Crippen molar-refractivity contribution in [2.45, 2.75) is 19.8 Å². The first-order valence-corrected chi connectivity index (χ1v) is 6.33. The van der Waals surface area contributed by atoms with E-state index in [2.05, 4.69) is 5.16 Å². The van der Waals surface area contributed by atoms with Gasteiger partial charge in [0, 0.05) is 17.0 Å². The van der Waals surface area contributed by atoms with E-state index in [0.717, 1.165) is 12.0 Å². The number of hydrogen-bond donors (Lipinski definition) is 0. The van der Waals surface area contributed by atoms with E-state index < -0.39 is 5.24 Å². The van der Waals surface area contributed by atoms with Crippen molar-refractivity contribution in [1.29, 1.82) is 0 Å². The molecule has 0 amide bonds. The summed E-state index contributed by atoms with van der Waals surface area (Å²) in [5.41, 5.74) is 1.57. The highest BCUT2D eigenvalue weighted by Gasteiger charge is 2.21. The molecule has 1 aromatic carbocycles. The Balaban J connectivity index is 2.50. The summed E-state index contributed by atoms with van der Waals surface area (Å²) >= 11 is 11.4. The quantitative estimate of drug-likeness (QED) is 0.785. The number of carbonyl (C=O) groups excluding carboxylic acids is 1. The highest BCUT2D eigenvalue weighted by Crippen LogP contribution is 2.28. The predicted molar refractivity (Wildman–Crippen MR) is 71.1 cm³/mol. The summed E-state index contributed by atoms with van der Waals surface area (Å²) in [5, 5.41) is 4.00. The smallest absolute Gasteiger partial charge is 0.258 e. The summed E-state index contributed by atoms with van der Waals surface area (Å²) in [6.45, 7) is 1.99. The third-order valence-electron chi connectivity index (χ3n) is 2.55. The van der Waals surface area contributed by atoms with Gasteiger partial charge in [-0.1, -0.05) is 35.8 Å². The zero-order valence-electron chi connectivity index (χ0n) is 9.74. The average molecular weight is 284 g/mol. The molecule has 0 spiro atoms. The minimum Gasteiger partial charge on any atom is -0.360 e. The zero-order valence-corrected chi connectivity index (χ0v) is 11.3. The lowest BCUT2D eigenvalue weighted by atomic mass is 10.1. The lowest BCUT2D eigenvalue weighted by molar-refractivity contribution is 0.108. The molecule has 0 N–H and O–H groups in total. The Kier molecular flexibility index (Phi) is 4.04. The van der Waals surface area contributed by atoms with Crippen molar-refractivity contribution >= 4 is 28.4 Å². The van der Waals surface area contributed by atoms with Crippen LogP contribution in [0.2, 0.25) is 5.02 Å². The van der Waals surface area contributed by atoms with Gasteiger partial charge in [-0.2, -0.15) is 0 Å². The van der Waals surface area contributed by atoms with Crippen molar-refractivity contribution < 1.29 is 9.32 Å². The first-order valence-electron chi connectivity index (χ1n) is 5.57. The molecule has 0 unspecified atom stereocenters. The molecule has 1 heterocycles. The van der Waals surface area contributed by atoms with Crippen LogP contribution >= 0.6 is 23.2 Å². The monoisotopic (exact) mass is 283 g/mol. The molecule has 0 saturated carbocycles. The van der Waals surface area contributed by atoms with Crippen molar-refractivity contribution in [1.82, 2.24) is 5.16 Å². The number of carbonyl (C=O) groups is 1. The van der Waals surface area contributed by atoms with Crippen LogP contribution < -0.4 is 0 Å². The van der Waals surface area contributed by atoms with Crippen LogP contribution in [0.4, 0.5) is 0 Å². The SMILES string of the molecule is CCCc1onc(-c2ccc(Cl)cc2)c1C(=O)Cl. The van der Waals surface area contributed by atoms with Gasteiger partial charge in [0.1, 0.15) is 17.0 Å². The Hall–Kier alpha value is -1.32. The molecule has 1 aromatic heterocycles. The number of halogens is 2. The van der Waals surface area contributed by atoms with Gasteiger partial charge in [-0.3, -0.25) is 4.79 Å². The van der Waals surface area contributed by atoms with Crippen molar-refractivity contribution in [2.75, 3.05) is 0 Å². The van der Waals surface area contributed by atoms with Crippen LogP contribution in [0.1, 0.15) is 29.5 Å². The fourth-order valence-corrected chi connectivity index (χ4v) is 2.05. The number of benzene rings is 1. The van der Waals surface area contributed by atoms with E-state index in [1.54, 1.807) is 24.3 Å². The predicted octanol–water partition coefficient (Wildman–Crippen LogP) is 4.33. The highest BCUT2D eigenvalue weighted by molar-refractivity contribution is 6.68. The van der Waals surface area contributed by atoms with Crippen LogP contribution in [-0.4, -0.2) is 10.4 Å². The van der Waals surface area contributed by atoms with Gasteiger partial charge in [-0.15, -0.1) is 0 Å². The first kappa shape index (κ1) is 13.1. The maximum atomic E-state index is 11.5. The van der Waals surface area contributed by atoms with Gasteiger partial charge in [0.15, 0.2) is 0 Å². The highest BCUT2D eigenvalue weighted by atomic mass is 35.5. The lowest BCUT2D eigenvalue weighted by Crippen LogP contribution is -1.95. The van der Waals surface area contributed by atoms with E-state index in [0.29, 0.717) is 28.5 Å². The minimum atomic E-state index is -0.551. The molecular formula is C13H11Cl2NO2. The Morgan fingerprint density at radius 3 is 2.56 bits per heavy atom. The van der Waals surface area contributed by atoms with E-state index in [4.69, 9.17) is 27.7 Å². The summed E-state index contributed by atoms with van der Waals surface area (Å²) < 4.78 is 5.19. The Morgan fingerprint density at radius 1 is 1.33 bits per heavy atom. The van der Waals surface area contributed by atoms with Crippen molar-refractivity contribution in [3.8, 4) is 11.3 Å². The van der Waals surface area contributed by atoms with Crippen LogP contribution in [0.15, 0.2) is 28.8 Å². The zero-order chi connectivity index (χ0) is 13.1. The van der Waals surface area contributed by atoms with Crippen molar-refractivity contribution in [3.05, 3.63) is 40.6 Å². The summed E-state index contributed by atoms with van der Waals surface area (Å²) in [5.74, 6) is 0.530. The van der Waals surface area contributed by atoms with Crippen LogP contribution in [0.25, 0.3) is 11.3 Å². The molecule has 0 aliphatic heterocycles. The summed E-state index contributed by atoms with van der Waals surface area (Å²) in [7, 11) is 0. The largest absolute Gasteiger partial charge is 0.360 e. The van der Waals surface area contributed by atoms with Crippen LogP contribution in [0.5, 0.6) is 0 Å². The maximum Gasteiger partial charge on any atom is 0.258 e. The fourth-order valence-electron chi connectivity index (χ4n) is 1.73. The molecule has 94 valence electrons. The number of aromatic nitrogens is 1. The van der Waals surface area contributed by atoms with Gasteiger partial charge in [-0.05, 0) is 30.2 Å². The summed E-state index contributed by atoms with van der Waals surface area (Å²) in [6, 6.07) is 7.01. The van der Waals surface area contributed by atoms with Crippen molar-refractivity contribution in [3.63, 3.8) is 0 Å². The van der Waals surface area contributed by atoms with Gasteiger partial charge < -0.3 is 4.52 Å². The normalized spacial score (nSPS) is 10.6. The second-order valence-corrected chi connectivity index (χ2v) is 4.64. The topological polar surface area (TPSA) is 43.1 Å². The number of hydrogen-bond acceptors (Lipinski definition) is 3. The number of rotatable bonds is 4. The van der Waals surface area contributed by atoms with Gasteiger partial charge >= 0.3 is 0 Å². The molecule has 0 bridgehead atoms. The van der Waals surface area contributed by atoms with E-state index in [9.17, 15) is 4.79 Å². The average Bonchev–Trinajstić information content (AvgIpc) is 2.74. The van der Waals surface area contributed by atoms with Gasteiger partial charge in [0.25, 0.3) is 5.24 Å². The Labute approximate surface area is 115 Å². The number of nitrogens with zero attached hydrogens (tertiary/aromatic N) is 1. The molecule has 0 saturated heterocycles. The van der Waals surface area contributed by atoms with Crippen LogP contribution in [-0.2, 0) is 6.42 Å². The molecule has 0 aliphatic carbocycles. The maximum absolute atomic E-state index is 11.5. The molecule has 2 rings (SSSR count). The standard InChI is InChI=1S/C13H11Cl2NO2/c1-2-3-10-11(13(15)17)12(16-18-10)8-4-6-9(14)7-5-8/h4-7H,2-3H2,1H3. The molecule has 0 fully saturated rings. The van der Waals surface area contributed by atoms with Gasteiger partial charge in [0.2, 0.25) is 0 Å². The summed E-state index contributed by atoms with van der Waals surface area (Å²) in [4.78, 5) is 11.5. The van der Waals surface area contributed by atoms with E-state index in [-0.39, 0.29) is 0 Å². The van der Waals surface area contributed by atoms with Crippen molar-refractivity contribution in [2.24, 2.45) is 0 Å². The fraction of sp³-hybridized carbons (Fsp3) is 0.231. The molecule has 0 radical (unpaired) electrons. The van der Waals surface area contributed by atoms with Gasteiger partial charge in [0.05, 0.1) is 0 Å². The third-order valence-corrected chi connectivity index (χ3v) is 2.99. The molecule has 2 aromatic rings. The van der Waals surface area contributed by atoms with Gasteiger partial charge in [-0.25, -0.2) is 0 Å². The molecule has 3 nitrogen and oxygen atoms in total. The lowest BCUT2D eigenvalue weighted by Gasteiger charge is -1.99. The van der Waals surface area contributed by atoms with E-state index >= 15 is 0 Å². The summed E-state index contributed by atoms with van der Waals surface area (Å²) in [6.07, 6.45) is 1.49. The third kappa shape index (κ3) is 2.57. The second kappa shape index (κ2) is 5.55. The first-order chi connectivity index (χ1) is 8.63.